The van der Waals surface area contributed by atoms with Crippen LogP contribution in [0.1, 0.15) is 36.1 Å². The number of aryl methyl sites for hydroxylation is 3. The van der Waals surface area contributed by atoms with Gasteiger partial charge in [-0.05, 0) is 57.5 Å². The summed E-state index contributed by atoms with van der Waals surface area (Å²) in [5.41, 5.74) is 4.40. The van der Waals surface area contributed by atoms with Crippen molar-refractivity contribution in [2.24, 2.45) is 4.99 Å². The summed E-state index contributed by atoms with van der Waals surface area (Å²) in [5.74, 6) is 0. The van der Waals surface area contributed by atoms with E-state index in [1.54, 1.807) is 0 Å². The number of carbonyl (C=O) groups is 1. The SMILES string of the molecule is CCOC1=NC(=O)OC(C)(c2c(C)cc(C)cc2C)S1. The third-order valence-corrected chi connectivity index (χ3v) is 4.21. The van der Waals surface area contributed by atoms with Gasteiger partial charge >= 0.3 is 6.09 Å². The van der Waals surface area contributed by atoms with Crippen LogP contribution in [0.4, 0.5) is 4.79 Å². The van der Waals surface area contributed by atoms with Crippen molar-refractivity contribution < 1.29 is 14.3 Å². The molecule has 5 heteroatoms. The molecule has 2 rings (SSSR count). The number of thioether (sulfide) groups is 1. The van der Waals surface area contributed by atoms with Crippen molar-refractivity contribution in [1.82, 2.24) is 0 Å². The smallest absolute Gasteiger partial charge is 0.439 e. The lowest BCUT2D eigenvalue weighted by atomic mass is 9.96. The van der Waals surface area contributed by atoms with Crippen molar-refractivity contribution in [2.75, 3.05) is 6.61 Å². The Morgan fingerprint density at radius 1 is 1.30 bits per heavy atom. The number of nitrogens with zero attached hydrogens (tertiary/aromatic N) is 1. The molecule has 0 saturated carbocycles. The maximum Gasteiger partial charge on any atom is 0.439 e. The summed E-state index contributed by atoms with van der Waals surface area (Å²) in [5, 5.41) is 0.366. The summed E-state index contributed by atoms with van der Waals surface area (Å²) in [7, 11) is 0. The molecule has 0 aromatic heterocycles. The summed E-state index contributed by atoms with van der Waals surface area (Å²) in [6.45, 7) is 10.3. The minimum atomic E-state index is -0.800. The van der Waals surface area contributed by atoms with Crippen LogP contribution in [0.5, 0.6) is 0 Å². The van der Waals surface area contributed by atoms with Crippen LogP contribution < -0.4 is 0 Å². The van der Waals surface area contributed by atoms with Crippen LogP contribution >= 0.6 is 11.8 Å². The molecule has 0 spiro atoms. The van der Waals surface area contributed by atoms with E-state index in [0.29, 0.717) is 11.8 Å². The molecule has 0 saturated heterocycles. The molecule has 1 heterocycles. The van der Waals surface area contributed by atoms with E-state index in [1.165, 1.54) is 17.3 Å². The van der Waals surface area contributed by atoms with Crippen LogP contribution in [0.2, 0.25) is 0 Å². The van der Waals surface area contributed by atoms with Crippen LogP contribution in [0.25, 0.3) is 0 Å². The monoisotopic (exact) mass is 293 g/mol. The largest absolute Gasteiger partial charge is 0.473 e. The fourth-order valence-electron chi connectivity index (χ4n) is 2.66. The predicted molar refractivity (Wildman–Crippen MR) is 81.1 cm³/mol. The average molecular weight is 293 g/mol. The summed E-state index contributed by atoms with van der Waals surface area (Å²) >= 11 is 1.33. The molecule has 0 radical (unpaired) electrons. The van der Waals surface area contributed by atoms with E-state index >= 15 is 0 Å². The van der Waals surface area contributed by atoms with Crippen LogP contribution in [-0.4, -0.2) is 17.9 Å². The first-order chi connectivity index (χ1) is 9.35. The van der Waals surface area contributed by atoms with E-state index < -0.39 is 11.0 Å². The molecule has 1 amide bonds. The Kier molecular flexibility index (Phi) is 4.09. The molecule has 1 aromatic carbocycles. The van der Waals surface area contributed by atoms with Crippen molar-refractivity contribution in [3.8, 4) is 0 Å². The molecule has 1 unspecified atom stereocenters. The number of hydrogen-bond acceptors (Lipinski definition) is 4. The molecular formula is C15H19NO3S. The zero-order valence-electron chi connectivity index (χ0n) is 12.4. The topological polar surface area (TPSA) is 47.9 Å². The molecule has 4 nitrogen and oxygen atoms in total. The van der Waals surface area contributed by atoms with E-state index in [1.807, 2.05) is 27.7 Å². The van der Waals surface area contributed by atoms with Crippen LogP contribution in [0.3, 0.4) is 0 Å². The van der Waals surface area contributed by atoms with Crippen molar-refractivity contribution in [1.29, 1.82) is 0 Å². The van der Waals surface area contributed by atoms with Gasteiger partial charge in [0.1, 0.15) is 0 Å². The van der Waals surface area contributed by atoms with Gasteiger partial charge in [-0.2, -0.15) is 0 Å². The van der Waals surface area contributed by atoms with Gasteiger partial charge in [-0.1, -0.05) is 17.7 Å². The lowest BCUT2D eigenvalue weighted by Gasteiger charge is -2.33. The number of ether oxygens (including phenoxy) is 2. The van der Waals surface area contributed by atoms with E-state index in [9.17, 15) is 4.79 Å². The first-order valence-corrected chi connectivity index (χ1v) is 7.39. The summed E-state index contributed by atoms with van der Waals surface area (Å²) in [6.07, 6.45) is -0.603. The summed E-state index contributed by atoms with van der Waals surface area (Å²) < 4.78 is 10.9. The second-order valence-electron chi connectivity index (χ2n) is 5.00. The van der Waals surface area contributed by atoms with Gasteiger partial charge in [-0.15, -0.1) is 4.99 Å². The molecule has 1 aliphatic rings. The molecule has 1 atom stereocenters. The molecular weight excluding hydrogens is 274 g/mol. The Labute approximate surface area is 123 Å². The highest BCUT2D eigenvalue weighted by molar-refractivity contribution is 8.14. The van der Waals surface area contributed by atoms with E-state index in [4.69, 9.17) is 9.47 Å². The van der Waals surface area contributed by atoms with Crippen LogP contribution in [0, 0.1) is 20.8 Å². The Morgan fingerprint density at radius 2 is 1.90 bits per heavy atom. The Morgan fingerprint density at radius 3 is 2.45 bits per heavy atom. The fraction of sp³-hybridized carbons (Fsp3) is 0.467. The lowest BCUT2D eigenvalue weighted by molar-refractivity contribution is 0.0918. The normalized spacial score (nSPS) is 22.2. The highest BCUT2D eigenvalue weighted by Crippen LogP contribution is 2.44. The van der Waals surface area contributed by atoms with E-state index in [-0.39, 0.29) is 0 Å². The first-order valence-electron chi connectivity index (χ1n) is 6.57. The van der Waals surface area contributed by atoms with E-state index in [2.05, 4.69) is 24.0 Å². The number of benzene rings is 1. The Hall–Kier alpha value is -1.49. The minimum Gasteiger partial charge on any atom is -0.473 e. The standard InChI is InChI=1S/C15H19NO3S/c1-6-18-14-16-13(17)19-15(5,20-14)12-10(3)7-9(2)8-11(12)4/h7-8H,6H2,1-5H3. The molecule has 0 N–H and O–H groups in total. The number of aliphatic imine (C=N–C) groups is 1. The third kappa shape index (κ3) is 2.82. The lowest BCUT2D eigenvalue weighted by Crippen LogP contribution is -2.32. The van der Waals surface area contributed by atoms with Crippen LogP contribution in [-0.2, 0) is 14.4 Å². The molecule has 1 aliphatic heterocycles. The molecule has 108 valence electrons. The zero-order chi connectivity index (χ0) is 14.9. The van der Waals surface area contributed by atoms with Crippen LogP contribution in [0.15, 0.2) is 17.1 Å². The van der Waals surface area contributed by atoms with Gasteiger partial charge in [-0.3, -0.25) is 0 Å². The number of amides is 1. The first kappa shape index (κ1) is 14.9. The second kappa shape index (κ2) is 5.48. The molecule has 0 bridgehead atoms. The second-order valence-corrected chi connectivity index (χ2v) is 6.33. The highest BCUT2D eigenvalue weighted by atomic mass is 32.2. The van der Waals surface area contributed by atoms with Crippen molar-refractivity contribution in [3.05, 3.63) is 34.4 Å². The minimum absolute atomic E-state index is 0.366. The van der Waals surface area contributed by atoms with Gasteiger partial charge < -0.3 is 9.47 Å². The van der Waals surface area contributed by atoms with Gasteiger partial charge in [0.25, 0.3) is 5.23 Å². The van der Waals surface area contributed by atoms with Gasteiger partial charge in [0.05, 0.1) is 6.61 Å². The fourth-order valence-corrected chi connectivity index (χ4v) is 3.83. The average Bonchev–Trinajstić information content (AvgIpc) is 2.25. The number of cyclic esters (lactones) is 1. The predicted octanol–water partition coefficient (Wildman–Crippen LogP) is 4.06. The highest BCUT2D eigenvalue weighted by Gasteiger charge is 2.40. The number of hydrogen-bond donors (Lipinski definition) is 0. The van der Waals surface area contributed by atoms with Crippen molar-refractivity contribution in [2.45, 2.75) is 39.6 Å². The quantitative estimate of drug-likeness (QED) is 0.825. The molecule has 0 fully saturated rings. The van der Waals surface area contributed by atoms with Gasteiger partial charge in [0.2, 0.25) is 0 Å². The number of carbonyl (C=O) groups excluding carboxylic acids is 1. The molecule has 0 aliphatic carbocycles. The molecule has 1 aromatic rings. The maximum atomic E-state index is 11.7. The Balaban J connectivity index is 2.46. The summed E-state index contributed by atoms with van der Waals surface area (Å²) in [6, 6.07) is 4.18. The molecule has 20 heavy (non-hydrogen) atoms. The van der Waals surface area contributed by atoms with Gasteiger partial charge in [0.15, 0.2) is 4.93 Å². The van der Waals surface area contributed by atoms with Crippen molar-refractivity contribution in [3.63, 3.8) is 0 Å². The Bertz CT molecular complexity index is 559. The van der Waals surface area contributed by atoms with Crippen molar-refractivity contribution >= 4 is 23.1 Å². The van der Waals surface area contributed by atoms with Gasteiger partial charge in [0, 0.05) is 5.56 Å². The maximum absolute atomic E-state index is 11.7. The number of rotatable bonds is 2. The van der Waals surface area contributed by atoms with E-state index in [0.717, 1.165) is 16.7 Å². The summed E-state index contributed by atoms with van der Waals surface area (Å²) in [4.78, 5) is 14.7. The van der Waals surface area contributed by atoms with Gasteiger partial charge in [-0.25, -0.2) is 4.79 Å². The third-order valence-electron chi connectivity index (χ3n) is 3.15. The zero-order valence-corrected chi connectivity index (χ0v) is 13.3.